The second-order valence-corrected chi connectivity index (χ2v) is 3.55. The van der Waals surface area contributed by atoms with Crippen molar-refractivity contribution in [1.82, 2.24) is 15.0 Å². The Kier molecular flexibility index (Phi) is 5.21. The third-order valence-corrected chi connectivity index (χ3v) is 2.06. The molecule has 0 bridgehead atoms. The average Bonchev–Trinajstić information content (AvgIpc) is 2.25. The fourth-order valence-corrected chi connectivity index (χ4v) is 1.14. The Bertz CT molecular complexity index is 336. The molecular formula is C9H16ClN5O. The average molecular weight is 246 g/mol. The zero-order chi connectivity index (χ0) is 12.0. The molecule has 0 aliphatic rings. The molecule has 1 rings (SSSR count). The molecule has 7 heteroatoms. The van der Waals surface area contributed by atoms with Gasteiger partial charge >= 0.3 is 0 Å². The van der Waals surface area contributed by atoms with Crippen molar-refractivity contribution in [3.05, 3.63) is 5.28 Å². The quantitative estimate of drug-likeness (QED) is 0.790. The summed E-state index contributed by atoms with van der Waals surface area (Å²) in [5.74, 6) is 0.912. The topological polar surface area (TPSA) is 72.0 Å². The molecule has 0 fully saturated rings. The zero-order valence-corrected chi connectivity index (χ0v) is 10.4. The summed E-state index contributed by atoms with van der Waals surface area (Å²) in [5, 5.41) is 6.16. The Hall–Kier alpha value is -1.14. The van der Waals surface area contributed by atoms with Gasteiger partial charge in [-0.3, -0.25) is 0 Å². The highest BCUT2D eigenvalue weighted by Crippen LogP contribution is 2.09. The van der Waals surface area contributed by atoms with Crippen molar-refractivity contribution in [2.45, 2.75) is 20.0 Å². The maximum Gasteiger partial charge on any atom is 0.228 e. The number of methoxy groups -OCH3 is 1. The van der Waals surface area contributed by atoms with E-state index in [9.17, 15) is 0 Å². The van der Waals surface area contributed by atoms with E-state index < -0.39 is 0 Å². The predicted octanol–water partition coefficient (Wildman–Crippen LogP) is 1.40. The fourth-order valence-electron chi connectivity index (χ4n) is 0.985. The van der Waals surface area contributed by atoms with Crippen LogP contribution in [-0.2, 0) is 4.74 Å². The van der Waals surface area contributed by atoms with Crippen LogP contribution in [-0.4, -0.2) is 41.3 Å². The molecule has 0 radical (unpaired) electrons. The number of ether oxygens (including phenoxy) is 1. The van der Waals surface area contributed by atoms with Crippen LogP contribution in [0.4, 0.5) is 11.9 Å². The maximum absolute atomic E-state index is 5.76. The van der Waals surface area contributed by atoms with Crippen molar-refractivity contribution in [3.8, 4) is 0 Å². The summed E-state index contributed by atoms with van der Waals surface area (Å²) < 4.78 is 5.10. The minimum absolute atomic E-state index is 0.0816. The molecule has 1 aromatic heterocycles. The molecule has 0 aliphatic heterocycles. The van der Waals surface area contributed by atoms with E-state index in [0.717, 1.165) is 6.54 Å². The first-order chi connectivity index (χ1) is 7.65. The van der Waals surface area contributed by atoms with Crippen molar-refractivity contribution in [2.75, 3.05) is 30.8 Å². The molecule has 1 heterocycles. The molecule has 1 atom stereocenters. The molecule has 1 aromatic rings. The normalized spacial score (nSPS) is 12.2. The summed E-state index contributed by atoms with van der Waals surface area (Å²) in [6, 6.07) is 0. The summed E-state index contributed by atoms with van der Waals surface area (Å²) >= 11 is 5.76. The minimum atomic E-state index is 0.0816. The molecule has 1 unspecified atom stereocenters. The summed E-state index contributed by atoms with van der Waals surface area (Å²) in [5.41, 5.74) is 0. The minimum Gasteiger partial charge on any atom is -0.380 e. The number of aromatic nitrogens is 3. The van der Waals surface area contributed by atoms with Crippen LogP contribution < -0.4 is 10.6 Å². The van der Waals surface area contributed by atoms with Crippen molar-refractivity contribution in [3.63, 3.8) is 0 Å². The van der Waals surface area contributed by atoms with Crippen molar-refractivity contribution in [1.29, 1.82) is 0 Å². The van der Waals surface area contributed by atoms with Gasteiger partial charge in [0.1, 0.15) is 0 Å². The standard InChI is InChI=1S/C9H16ClN5O/c1-4-11-8-13-7(10)14-9(15-8)12-5-6(2)16-3/h6H,4-5H2,1-3H3,(H2,11,12,13,14,15). The lowest BCUT2D eigenvalue weighted by Crippen LogP contribution is -2.20. The SMILES string of the molecule is CCNc1nc(Cl)nc(NCC(C)OC)n1. The molecule has 90 valence electrons. The van der Waals surface area contributed by atoms with Gasteiger partial charge in [-0.15, -0.1) is 0 Å². The first-order valence-corrected chi connectivity index (χ1v) is 5.45. The van der Waals surface area contributed by atoms with Crippen LogP contribution in [0.3, 0.4) is 0 Å². The monoisotopic (exact) mass is 245 g/mol. The fraction of sp³-hybridized carbons (Fsp3) is 0.667. The molecule has 0 aromatic carbocycles. The van der Waals surface area contributed by atoms with Crippen LogP contribution in [0, 0.1) is 0 Å². The number of rotatable bonds is 6. The van der Waals surface area contributed by atoms with Crippen molar-refractivity contribution < 1.29 is 4.74 Å². The van der Waals surface area contributed by atoms with Crippen LogP contribution in [0.15, 0.2) is 0 Å². The van der Waals surface area contributed by atoms with Gasteiger partial charge in [-0.25, -0.2) is 0 Å². The smallest absolute Gasteiger partial charge is 0.228 e. The summed E-state index contributed by atoms with van der Waals surface area (Å²) in [7, 11) is 1.65. The third kappa shape index (κ3) is 4.16. The van der Waals surface area contributed by atoms with E-state index in [1.807, 2.05) is 13.8 Å². The van der Waals surface area contributed by atoms with Gasteiger partial charge in [-0.1, -0.05) is 0 Å². The number of hydrogen-bond donors (Lipinski definition) is 2. The first-order valence-electron chi connectivity index (χ1n) is 5.07. The molecule has 16 heavy (non-hydrogen) atoms. The predicted molar refractivity (Wildman–Crippen MR) is 64.0 cm³/mol. The van der Waals surface area contributed by atoms with Crippen LogP contribution in [0.1, 0.15) is 13.8 Å². The zero-order valence-electron chi connectivity index (χ0n) is 9.62. The van der Waals surface area contributed by atoms with Gasteiger partial charge in [0.2, 0.25) is 17.2 Å². The molecule has 0 amide bonds. The van der Waals surface area contributed by atoms with Gasteiger partial charge in [-0.05, 0) is 25.4 Å². The number of anilines is 2. The lowest BCUT2D eigenvalue weighted by atomic mass is 10.4. The van der Waals surface area contributed by atoms with Crippen LogP contribution >= 0.6 is 11.6 Å². The van der Waals surface area contributed by atoms with Crippen molar-refractivity contribution in [2.24, 2.45) is 0 Å². The summed E-state index contributed by atoms with van der Waals surface area (Å²) in [4.78, 5) is 12.0. The second-order valence-electron chi connectivity index (χ2n) is 3.21. The Morgan fingerprint density at radius 3 is 2.44 bits per heavy atom. The van der Waals surface area contributed by atoms with E-state index in [1.165, 1.54) is 0 Å². The molecular weight excluding hydrogens is 230 g/mol. The Labute approximate surface area is 99.8 Å². The maximum atomic E-state index is 5.76. The largest absolute Gasteiger partial charge is 0.380 e. The third-order valence-electron chi connectivity index (χ3n) is 1.89. The number of halogens is 1. The van der Waals surface area contributed by atoms with E-state index in [4.69, 9.17) is 16.3 Å². The highest BCUT2D eigenvalue weighted by Gasteiger charge is 2.05. The molecule has 0 spiro atoms. The van der Waals surface area contributed by atoms with E-state index in [1.54, 1.807) is 7.11 Å². The van der Waals surface area contributed by atoms with Gasteiger partial charge in [0.05, 0.1) is 6.10 Å². The lowest BCUT2D eigenvalue weighted by Gasteiger charge is -2.11. The highest BCUT2D eigenvalue weighted by atomic mass is 35.5. The van der Waals surface area contributed by atoms with E-state index in [0.29, 0.717) is 18.4 Å². The summed E-state index contributed by atoms with van der Waals surface area (Å²) in [6.07, 6.45) is 0.0816. The Balaban J connectivity index is 2.64. The number of nitrogens with zero attached hydrogens (tertiary/aromatic N) is 3. The van der Waals surface area contributed by atoms with Gasteiger partial charge < -0.3 is 15.4 Å². The van der Waals surface area contributed by atoms with Gasteiger partial charge in [-0.2, -0.15) is 15.0 Å². The van der Waals surface area contributed by atoms with Gasteiger partial charge in [0, 0.05) is 20.2 Å². The summed E-state index contributed by atoms with van der Waals surface area (Å²) in [6.45, 7) is 5.25. The number of nitrogens with one attached hydrogen (secondary N) is 2. The Morgan fingerprint density at radius 2 is 1.88 bits per heavy atom. The molecule has 0 saturated carbocycles. The molecule has 0 aliphatic carbocycles. The van der Waals surface area contributed by atoms with Crippen LogP contribution in [0.2, 0.25) is 5.28 Å². The molecule has 0 saturated heterocycles. The Morgan fingerprint density at radius 1 is 1.25 bits per heavy atom. The first kappa shape index (κ1) is 12.9. The van der Waals surface area contributed by atoms with Gasteiger partial charge in [0.15, 0.2) is 0 Å². The van der Waals surface area contributed by atoms with Crippen LogP contribution in [0.5, 0.6) is 0 Å². The lowest BCUT2D eigenvalue weighted by molar-refractivity contribution is 0.128. The van der Waals surface area contributed by atoms with E-state index >= 15 is 0 Å². The van der Waals surface area contributed by atoms with E-state index in [-0.39, 0.29) is 11.4 Å². The molecule has 6 nitrogen and oxygen atoms in total. The van der Waals surface area contributed by atoms with Crippen LogP contribution in [0.25, 0.3) is 0 Å². The second kappa shape index (κ2) is 6.44. The van der Waals surface area contributed by atoms with E-state index in [2.05, 4.69) is 25.6 Å². The van der Waals surface area contributed by atoms with Gasteiger partial charge in [0.25, 0.3) is 0 Å². The number of hydrogen-bond acceptors (Lipinski definition) is 6. The molecule has 2 N–H and O–H groups in total. The van der Waals surface area contributed by atoms with Crippen molar-refractivity contribution >= 4 is 23.5 Å². The highest BCUT2D eigenvalue weighted by molar-refractivity contribution is 6.28.